The quantitative estimate of drug-likeness (QED) is 0.317. The Kier molecular flexibility index (Phi) is 50.3. The fourth-order valence-electron chi connectivity index (χ4n) is 0.605. The Bertz CT molecular complexity index is 255. The Hall–Kier alpha value is -2.10. The van der Waals surface area contributed by atoms with Crippen molar-refractivity contribution in [1.82, 2.24) is 4.98 Å². The molecule has 1 heterocycles. The lowest BCUT2D eigenvalue weighted by molar-refractivity contribution is 0.108. The van der Waals surface area contributed by atoms with E-state index in [-0.39, 0.29) is 0 Å². The fourth-order valence-corrected chi connectivity index (χ4v) is 0.605. The summed E-state index contributed by atoms with van der Waals surface area (Å²) in [6, 6.07) is 3.67. The predicted octanol–water partition coefficient (Wildman–Crippen LogP) is 5.25. The molecule has 0 saturated heterocycles. The SMILES string of the molecule is FF.FF.FF.FF.[N-]=[N+]=NCc1cccnc1. The Labute approximate surface area is 94.9 Å². The number of nitrogens with zero attached hydrogens (tertiary/aromatic N) is 4. The van der Waals surface area contributed by atoms with Gasteiger partial charge in [0.1, 0.15) is 0 Å². The first-order chi connectivity index (χ1) is 8.93. The summed E-state index contributed by atoms with van der Waals surface area (Å²) in [6.45, 7) is 0.379. The highest BCUT2D eigenvalue weighted by atomic mass is 20.0. The smallest absolute Gasteiger partial charge is 0.0526 e. The van der Waals surface area contributed by atoms with Crippen molar-refractivity contribution in [3.8, 4) is 0 Å². The number of rotatable bonds is 2. The summed E-state index contributed by atoms with van der Waals surface area (Å²) in [7, 11) is 0. The molecule has 0 spiro atoms. The van der Waals surface area contributed by atoms with Gasteiger partial charge in [0.2, 0.25) is 0 Å². The number of aromatic nitrogens is 1. The number of pyridine rings is 1. The zero-order chi connectivity index (χ0) is 15.2. The van der Waals surface area contributed by atoms with Gasteiger partial charge in [-0.05, 0) is 17.2 Å². The van der Waals surface area contributed by atoms with Gasteiger partial charge >= 0.3 is 0 Å². The van der Waals surface area contributed by atoms with Crippen molar-refractivity contribution < 1.29 is 36.6 Å². The third kappa shape index (κ3) is 23.6. The third-order valence-electron chi connectivity index (χ3n) is 1.04. The average molecular weight is 286 g/mol. The second kappa shape index (κ2) is 36.3. The lowest BCUT2D eigenvalue weighted by atomic mass is 10.3. The van der Waals surface area contributed by atoms with Crippen molar-refractivity contribution in [2.45, 2.75) is 6.54 Å². The largest absolute Gasteiger partial charge is 0.264 e. The van der Waals surface area contributed by atoms with Crippen molar-refractivity contribution in [2.75, 3.05) is 0 Å². The Morgan fingerprint density at radius 3 is 1.89 bits per heavy atom. The van der Waals surface area contributed by atoms with Gasteiger partial charge in [-0.15, -0.1) is 0 Å². The van der Waals surface area contributed by atoms with Crippen LogP contribution >= 0.6 is 0 Å². The maximum atomic E-state index is 8.00. The minimum atomic E-state index is 0.379. The lowest BCUT2D eigenvalue weighted by Gasteiger charge is -1.89. The van der Waals surface area contributed by atoms with Gasteiger partial charge in [-0.25, -0.2) is 0 Å². The molecule has 0 saturated carbocycles. The van der Waals surface area contributed by atoms with Crippen LogP contribution in [0.1, 0.15) is 5.56 Å². The zero-order valence-corrected chi connectivity index (χ0v) is 8.33. The molecule has 12 heteroatoms. The van der Waals surface area contributed by atoms with E-state index in [0.717, 1.165) is 5.56 Å². The minimum Gasteiger partial charge on any atom is -0.264 e. The van der Waals surface area contributed by atoms with E-state index in [9.17, 15) is 0 Å². The lowest BCUT2D eigenvalue weighted by Crippen LogP contribution is -1.79. The molecule has 0 aliphatic heterocycles. The molecule has 0 aromatic carbocycles. The Balaban J connectivity index is -0.000000105. The normalized spacial score (nSPS) is 6.00. The summed E-state index contributed by atoms with van der Waals surface area (Å²) in [5, 5.41) is 3.38. The maximum Gasteiger partial charge on any atom is 0.0526 e. The van der Waals surface area contributed by atoms with Crippen molar-refractivity contribution >= 4 is 0 Å². The fraction of sp³-hybridized carbons (Fsp3) is 0.167. The predicted molar refractivity (Wildman–Crippen MR) is 46.0 cm³/mol. The van der Waals surface area contributed by atoms with Crippen LogP contribution in [0.5, 0.6) is 0 Å². The van der Waals surface area contributed by atoms with Crippen LogP contribution < -0.4 is 0 Å². The van der Waals surface area contributed by atoms with Crippen LogP contribution in [0.2, 0.25) is 0 Å². The standard InChI is InChI=1S/C6H6N4.4F2/c7-10-9-5-6-2-1-3-8-4-6;4*1-2/h1-4H,5H2;;;;. The van der Waals surface area contributed by atoms with Gasteiger partial charge in [0.05, 0.1) is 6.54 Å². The van der Waals surface area contributed by atoms with Gasteiger partial charge in [0.25, 0.3) is 0 Å². The summed E-state index contributed by atoms with van der Waals surface area (Å²) in [4.78, 5) is 6.48. The first-order valence-electron chi connectivity index (χ1n) is 3.40. The molecule has 0 atom stereocenters. The summed E-state index contributed by atoms with van der Waals surface area (Å²) in [5.74, 6) is 0. The Morgan fingerprint density at radius 1 is 1.06 bits per heavy atom. The van der Waals surface area contributed by atoms with E-state index in [0.29, 0.717) is 6.54 Å². The topological polar surface area (TPSA) is 61.7 Å². The van der Waals surface area contributed by atoms with Gasteiger partial charge < -0.3 is 0 Å². The minimum absolute atomic E-state index is 0.379. The first-order valence-corrected chi connectivity index (χ1v) is 3.40. The highest BCUT2D eigenvalue weighted by Crippen LogP contribution is 1.96. The summed E-state index contributed by atoms with van der Waals surface area (Å²) in [5.41, 5.74) is 8.90. The van der Waals surface area contributed by atoms with Gasteiger partial charge in [-0.2, -0.15) is 0 Å². The van der Waals surface area contributed by atoms with Gasteiger partial charge in [0, 0.05) is 53.9 Å². The second-order valence-corrected chi connectivity index (χ2v) is 1.75. The second-order valence-electron chi connectivity index (χ2n) is 1.75. The van der Waals surface area contributed by atoms with Crippen LogP contribution in [0, 0.1) is 0 Å². The molecule has 1 aromatic heterocycles. The van der Waals surface area contributed by atoms with Crippen LogP contribution in [0.25, 0.3) is 10.4 Å². The molecule has 4 nitrogen and oxygen atoms in total. The summed E-state index contributed by atoms with van der Waals surface area (Å²) >= 11 is 0. The first kappa shape index (κ1) is 24.9. The molecule has 0 N–H and O–H groups in total. The van der Waals surface area contributed by atoms with Crippen molar-refractivity contribution in [3.05, 3.63) is 40.5 Å². The average Bonchev–Trinajstić information content (AvgIpc) is 2.54. The molecule has 0 aliphatic carbocycles. The summed E-state index contributed by atoms with van der Waals surface area (Å²) < 4.78 is 64.0. The summed E-state index contributed by atoms with van der Waals surface area (Å²) in [6.07, 6.45) is 3.36. The molecule has 106 valence electrons. The van der Waals surface area contributed by atoms with Crippen molar-refractivity contribution in [2.24, 2.45) is 5.11 Å². The molecule has 0 aliphatic rings. The maximum absolute atomic E-state index is 8.00. The number of azide groups is 1. The van der Waals surface area contributed by atoms with E-state index in [1.807, 2.05) is 12.1 Å². The van der Waals surface area contributed by atoms with Crippen LogP contribution in [0.4, 0.5) is 36.6 Å². The Morgan fingerprint density at radius 2 is 1.56 bits per heavy atom. The highest BCUT2D eigenvalue weighted by Gasteiger charge is 1.85. The van der Waals surface area contributed by atoms with E-state index in [1.54, 1.807) is 12.4 Å². The third-order valence-corrected chi connectivity index (χ3v) is 1.04. The number of halogens is 8. The van der Waals surface area contributed by atoms with E-state index in [2.05, 4.69) is 15.0 Å². The number of hydrogen-bond acceptors (Lipinski definition) is 2. The molecule has 0 fully saturated rings. The van der Waals surface area contributed by atoms with E-state index in [1.165, 1.54) is 0 Å². The van der Waals surface area contributed by atoms with Crippen LogP contribution in [0.15, 0.2) is 29.6 Å². The van der Waals surface area contributed by atoms with Gasteiger partial charge in [-0.3, -0.25) is 4.98 Å². The van der Waals surface area contributed by atoms with Gasteiger partial charge in [-0.1, -0.05) is 11.2 Å². The molecule has 0 bridgehead atoms. The van der Waals surface area contributed by atoms with Crippen LogP contribution in [0.3, 0.4) is 0 Å². The van der Waals surface area contributed by atoms with Crippen LogP contribution in [-0.2, 0) is 6.54 Å². The number of hydrogen-bond donors (Lipinski definition) is 0. The van der Waals surface area contributed by atoms with Crippen molar-refractivity contribution in [3.63, 3.8) is 0 Å². The molecular formula is C6H6F8N4. The molecule has 0 radical (unpaired) electrons. The van der Waals surface area contributed by atoms with Gasteiger partial charge in [0.15, 0.2) is 0 Å². The zero-order valence-electron chi connectivity index (χ0n) is 8.33. The van der Waals surface area contributed by atoms with E-state index in [4.69, 9.17) is 42.1 Å². The van der Waals surface area contributed by atoms with E-state index < -0.39 is 0 Å². The van der Waals surface area contributed by atoms with Crippen LogP contribution in [-0.4, -0.2) is 4.98 Å². The van der Waals surface area contributed by atoms with E-state index >= 15 is 0 Å². The van der Waals surface area contributed by atoms with Crippen molar-refractivity contribution in [1.29, 1.82) is 0 Å². The molecule has 1 rings (SSSR count). The highest BCUT2D eigenvalue weighted by molar-refractivity contribution is 5.07. The molecule has 1 aromatic rings. The molecule has 0 unspecified atom stereocenters. The molecule has 0 amide bonds. The molecular weight excluding hydrogens is 280 g/mol. The monoisotopic (exact) mass is 286 g/mol. The molecule has 18 heavy (non-hydrogen) atoms.